The van der Waals surface area contributed by atoms with Crippen LogP contribution in [0, 0.1) is 0 Å². The molecule has 2 N–H and O–H groups in total. The molecule has 0 fully saturated rings. The summed E-state index contributed by atoms with van der Waals surface area (Å²) in [6, 6.07) is 3.92. The number of rotatable bonds is 4. The molecule has 0 aromatic heterocycles. The van der Waals surface area contributed by atoms with Crippen LogP contribution in [0.5, 0.6) is 0 Å². The van der Waals surface area contributed by atoms with Gasteiger partial charge in [0.15, 0.2) is 9.84 Å². The molecule has 0 aliphatic heterocycles. The van der Waals surface area contributed by atoms with Crippen molar-refractivity contribution >= 4 is 21.5 Å². The minimum absolute atomic E-state index is 0.0641. The van der Waals surface area contributed by atoms with E-state index in [9.17, 15) is 13.2 Å². The topological polar surface area (TPSA) is 83.5 Å². The highest BCUT2D eigenvalue weighted by molar-refractivity contribution is 7.90. The first-order valence-corrected chi connectivity index (χ1v) is 6.56. The number of sulfone groups is 1. The average Bonchev–Trinajstić information content (AvgIpc) is 2.16. The number of hydrogen-bond acceptors (Lipinski definition) is 4. The van der Waals surface area contributed by atoms with Crippen molar-refractivity contribution in [2.45, 2.75) is 11.8 Å². The van der Waals surface area contributed by atoms with Crippen LogP contribution in [-0.4, -0.2) is 32.3 Å². The van der Waals surface area contributed by atoms with Gasteiger partial charge in [0, 0.05) is 18.5 Å². The third-order valence-electron chi connectivity index (χ3n) is 2.02. The molecule has 0 spiro atoms. The second-order valence-corrected chi connectivity index (χ2v) is 5.33. The molecule has 0 saturated heterocycles. The lowest BCUT2D eigenvalue weighted by molar-refractivity contribution is 0.0698. The van der Waals surface area contributed by atoms with Gasteiger partial charge in [0.25, 0.3) is 0 Å². The molecule has 88 valence electrons. The van der Waals surface area contributed by atoms with Gasteiger partial charge in [0.2, 0.25) is 0 Å². The van der Waals surface area contributed by atoms with Crippen LogP contribution in [0.3, 0.4) is 0 Å². The highest BCUT2D eigenvalue weighted by atomic mass is 32.2. The SMILES string of the molecule is CCNc1cc(S(C)(=O)=O)ccc1C(=O)O. The maximum absolute atomic E-state index is 11.3. The van der Waals surface area contributed by atoms with Gasteiger partial charge in [-0.3, -0.25) is 0 Å². The molecule has 0 unspecified atom stereocenters. The summed E-state index contributed by atoms with van der Waals surface area (Å²) in [7, 11) is -3.32. The summed E-state index contributed by atoms with van der Waals surface area (Å²) in [4.78, 5) is 11.0. The quantitative estimate of drug-likeness (QED) is 0.830. The van der Waals surface area contributed by atoms with Gasteiger partial charge < -0.3 is 10.4 Å². The van der Waals surface area contributed by atoms with Crippen molar-refractivity contribution in [3.05, 3.63) is 23.8 Å². The van der Waals surface area contributed by atoms with Crippen molar-refractivity contribution in [3.63, 3.8) is 0 Å². The maximum atomic E-state index is 11.3. The first-order valence-electron chi connectivity index (χ1n) is 4.67. The Morgan fingerprint density at radius 2 is 2.06 bits per heavy atom. The van der Waals surface area contributed by atoms with E-state index < -0.39 is 15.8 Å². The summed E-state index contributed by atoms with van der Waals surface area (Å²) in [5.41, 5.74) is 0.382. The van der Waals surface area contributed by atoms with Gasteiger partial charge >= 0.3 is 5.97 Å². The Balaban J connectivity index is 3.33. The number of carboxylic acids is 1. The van der Waals surface area contributed by atoms with Gasteiger partial charge in [-0.2, -0.15) is 0 Å². The molecule has 0 heterocycles. The van der Waals surface area contributed by atoms with Crippen LogP contribution >= 0.6 is 0 Å². The number of nitrogens with one attached hydrogen (secondary N) is 1. The van der Waals surface area contributed by atoms with E-state index in [1.165, 1.54) is 18.2 Å². The first kappa shape index (κ1) is 12.5. The molecule has 0 saturated carbocycles. The minimum Gasteiger partial charge on any atom is -0.478 e. The molecular formula is C10H13NO4S. The number of hydrogen-bond donors (Lipinski definition) is 2. The molecule has 0 radical (unpaired) electrons. The molecule has 0 aliphatic carbocycles. The summed E-state index contributed by atoms with van der Waals surface area (Å²) in [5, 5.41) is 11.7. The molecule has 0 bridgehead atoms. The lowest BCUT2D eigenvalue weighted by atomic mass is 10.2. The van der Waals surface area contributed by atoms with Gasteiger partial charge in [-0.1, -0.05) is 0 Å². The van der Waals surface area contributed by atoms with Crippen LogP contribution in [0.15, 0.2) is 23.1 Å². The highest BCUT2D eigenvalue weighted by Crippen LogP contribution is 2.20. The highest BCUT2D eigenvalue weighted by Gasteiger charge is 2.14. The fourth-order valence-electron chi connectivity index (χ4n) is 1.28. The molecule has 1 aromatic carbocycles. The zero-order valence-electron chi connectivity index (χ0n) is 9.02. The lowest BCUT2D eigenvalue weighted by Gasteiger charge is -2.09. The zero-order chi connectivity index (χ0) is 12.3. The molecule has 5 nitrogen and oxygen atoms in total. The Labute approximate surface area is 94.0 Å². The van der Waals surface area contributed by atoms with Crippen molar-refractivity contribution in [1.82, 2.24) is 0 Å². The van der Waals surface area contributed by atoms with E-state index >= 15 is 0 Å². The van der Waals surface area contributed by atoms with Gasteiger partial charge in [-0.05, 0) is 25.1 Å². The van der Waals surface area contributed by atoms with Gasteiger partial charge in [-0.25, -0.2) is 13.2 Å². The van der Waals surface area contributed by atoms with Crippen LogP contribution in [0.2, 0.25) is 0 Å². The third-order valence-corrected chi connectivity index (χ3v) is 3.13. The van der Waals surface area contributed by atoms with Gasteiger partial charge in [0.1, 0.15) is 0 Å². The van der Waals surface area contributed by atoms with E-state index in [1.807, 2.05) is 0 Å². The van der Waals surface area contributed by atoms with Crippen LogP contribution in [-0.2, 0) is 9.84 Å². The van der Waals surface area contributed by atoms with Crippen LogP contribution in [0.1, 0.15) is 17.3 Å². The smallest absolute Gasteiger partial charge is 0.337 e. The predicted octanol–water partition coefficient (Wildman–Crippen LogP) is 1.22. The Bertz CT molecular complexity index is 508. The molecule has 6 heteroatoms. The fraction of sp³-hybridized carbons (Fsp3) is 0.300. The second kappa shape index (κ2) is 4.52. The monoisotopic (exact) mass is 243 g/mol. The number of carbonyl (C=O) groups is 1. The summed E-state index contributed by atoms with van der Waals surface area (Å²) in [6.45, 7) is 2.33. The molecule has 0 atom stereocenters. The Hall–Kier alpha value is -1.56. The van der Waals surface area contributed by atoms with Crippen LogP contribution in [0.25, 0.3) is 0 Å². The third kappa shape index (κ3) is 2.73. The summed E-state index contributed by atoms with van der Waals surface area (Å²) in [6.07, 6.45) is 1.08. The minimum atomic E-state index is -3.32. The summed E-state index contributed by atoms with van der Waals surface area (Å²) < 4.78 is 22.6. The van der Waals surface area contributed by atoms with Crippen molar-refractivity contribution < 1.29 is 18.3 Å². The Kier molecular flexibility index (Phi) is 3.54. The number of benzene rings is 1. The van der Waals surface area contributed by atoms with E-state index in [4.69, 9.17) is 5.11 Å². The first-order chi connectivity index (χ1) is 7.36. The summed E-state index contributed by atoms with van der Waals surface area (Å²) >= 11 is 0. The van der Waals surface area contributed by atoms with E-state index in [0.717, 1.165) is 6.26 Å². The molecule has 1 aromatic rings. The Morgan fingerprint density at radius 3 is 2.50 bits per heavy atom. The van der Waals surface area contributed by atoms with E-state index in [2.05, 4.69) is 5.32 Å². The normalized spacial score (nSPS) is 11.1. The largest absolute Gasteiger partial charge is 0.478 e. The van der Waals surface area contributed by atoms with E-state index in [0.29, 0.717) is 12.2 Å². The fourth-order valence-corrected chi connectivity index (χ4v) is 1.92. The van der Waals surface area contributed by atoms with Gasteiger partial charge in [-0.15, -0.1) is 0 Å². The Morgan fingerprint density at radius 1 is 1.44 bits per heavy atom. The standard InChI is InChI=1S/C10H13NO4S/c1-3-11-9-6-7(16(2,14)15)4-5-8(9)10(12)13/h4-6,11H,3H2,1-2H3,(H,12,13). The number of carboxylic acid groups (broad SMARTS) is 1. The van der Waals surface area contributed by atoms with E-state index in [1.54, 1.807) is 6.92 Å². The second-order valence-electron chi connectivity index (χ2n) is 3.32. The molecule has 0 aliphatic rings. The van der Waals surface area contributed by atoms with E-state index in [-0.39, 0.29) is 10.5 Å². The zero-order valence-corrected chi connectivity index (χ0v) is 9.84. The molecular weight excluding hydrogens is 230 g/mol. The van der Waals surface area contributed by atoms with Crippen molar-refractivity contribution in [2.24, 2.45) is 0 Å². The average molecular weight is 243 g/mol. The number of anilines is 1. The molecule has 1 rings (SSSR count). The van der Waals surface area contributed by atoms with Gasteiger partial charge in [0.05, 0.1) is 10.5 Å². The van der Waals surface area contributed by atoms with Crippen molar-refractivity contribution in [1.29, 1.82) is 0 Å². The van der Waals surface area contributed by atoms with Crippen LogP contribution < -0.4 is 5.32 Å². The predicted molar refractivity (Wildman–Crippen MR) is 60.7 cm³/mol. The summed E-state index contributed by atoms with van der Waals surface area (Å²) in [5.74, 6) is -1.09. The van der Waals surface area contributed by atoms with Crippen LogP contribution in [0.4, 0.5) is 5.69 Å². The van der Waals surface area contributed by atoms with Crippen molar-refractivity contribution in [3.8, 4) is 0 Å². The lowest BCUT2D eigenvalue weighted by Crippen LogP contribution is -2.07. The number of aromatic carboxylic acids is 1. The molecule has 0 amide bonds. The maximum Gasteiger partial charge on any atom is 0.337 e. The molecule has 16 heavy (non-hydrogen) atoms. The van der Waals surface area contributed by atoms with Crippen molar-refractivity contribution in [2.75, 3.05) is 18.1 Å².